The number of amides is 1. The lowest BCUT2D eigenvalue weighted by Crippen LogP contribution is -2.37. The van der Waals surface area contributed by atoms with Crippen LogP contribution in [0.3, 0.4) is 0 Å². The summed E-state index contributed by atoms with van der Waals surface area (Å²) in [5.41, 5.74) is 3.86. The first-order valence-electron chi connectivity index (χ1n) is 11.3. The Hall–Kier alpha value is -3.86. The van der Waals surface area contributed by atoms with Crippen molar-refractivity contribution in [3.05, 3.63) is 88.4 Å². The van der Waals surface area contributed by atoms with E-state index in [1.165, 1.54) is 17.4 Å². The van der Waals surface area contributed by atoms with Gasteiger partial charge in [0.25, 0.3) is 0 Å². The second kappa shape index (κ2) is 10.6. The first kappa shape index (κ1) is 24.8. The fraction of sp³-hybridized carbons (Fsp3) is 0.115. The largest absolute Gasteiger partial charge is 0.457 e. The van der Waals surface area contributed by atoms with Crippen LogP contribution in [0.15, 0.2) is 65.1 Å². The maximum atomic E-state index is 12.3. The number of thiocarbonyl (C=S) groups is 1. The average Bonchev–Trinajstić information content (AvgIpc) is 3.61. The Morgan fingerprint density at radius 3 is 2.65 bits per heavy atom. The number of aromatic nitrogens is 4. The van der Waals surface area contributed by atoms with Crippen LogP contribution in [0.5, 0.6) is 0 Å². The fourth-order valence-electron chi connectivity index (χ4n) is 3.48. The summed E-state index contributed by atoms with van der Waals surface area (Å²) in [6.07, 6.45) is 2.96. The van der Waals surface area contributed by atoms with Gasteiger partial charge in [-0.3, -0.25) is 10.1 Å². The second-order valence-corrected chi connectivity index (χ2v) is 9.99. The topological polar surface area (TPSA) is 97.4 Å². The van der Waals surface area contributed by atoms with E-state index in [2.05, 4.69) is 25.9 Å². The van der Waals surface area contributed by atoms with Gasteiger partial charge in [-0.05, 0) is 61.5 Å². The highest BCUT2D eigenvalue weighted by molar-refractivity contribution is 7.80. The van der Waals surface area contributed by atoms with Gasteiger partial charge in [-0.2, -0.15) is 9.61 Å². The van der Waals surface area contributed by atoms with Crippen molar-refractivity contribution in [1.82, 2.24) is 30.4 Å². The molecule has 3 heterocycles. The van der Waals surface area contributed by atoms with Crippen LogP contribution in [0.1, 0.15) is 22.7 Å². The second-order valence-electron chi connectivity index (χ2n) is 8.22. The summed E-state index contributed by atoms with van der Waals surface area (Å²) >= 11 is 12.9. The summed E-state index contributed by atoms with van der Waals surface area (Å²) in [4.78, 5) is 13.0. The summed E-state index contributed by atoms with van der Waals surface area (Å²) < 4.78 is 7.53. The van der Waals surface area contributed by atoms with Crippen molar-refractivity contribution >= 4 is 57.2 Å². The molecule has 37 heavy (non-hydrogen) atoms. The van der Waals surface area contributed by atoms with Crippen molar-refractivity contribution in [2.45, 2.75) is 20.4 Å². The third kappa shape index (κ3) is 5.77. The Morgan fingerprint density at radius 2 is 1.89 bits per heavy atom. The first-order valence-corrected chi connectivity index (χ1v) is 12.9. The molecule has 8 nitrogen and oxygen atoms in total. The van der Waals surface area contributed by atoms with Gasteiger partial charge in [0.05, 0.1) is 0 Å². The monoisotopic (exact) mass is 548 g/mol. The van der Waals surface area contributed by atoms with Gasteiger partial charge in [-0.15, -0.1) is 10.2 Å². The highest BCUT2D eigenvalue weighted by Gasteiger charge is 2.11. The number of rotatable bonds is 6. The first-order chi connectivity index (χ1) is 17.9. The fourth-order valence-corrected chi connectivity index (χ4v) is 4.72. The number of hydrogen-bond donors (Lipinski definition) is 2. The number of nitrogens with one attached hydrogen (secondary N) is 2. The normalized spacial score (nSPS) is 11.3. The van der Waals surface area contributed by atoms with Crippen LogP contribution < -0.4 is 10.6 Å². The van der Waals surface area contributed by atoms with E-state index in [-0.39, 0.29) is 11.0 Å². The summed E-state index contributed by atoms with van der Waals surface area (Å²) in [6.45, 7) is 4.28. The van der Waals surface area contributed by atoms with Gasteiger partial charge in [0.1, 0.15) is 16.5 Å². The average molecular weight is 549 g/mol. The molecule has 0 saturated heterocycles. The molecule has 0 bridgehead atoms. The smallest absolute Gasteiger partial charge is 0.250 e. The lowest BCUT2D eigenvalue weighted by Gasteiger charge is -2.08. The minimum absolute atomic E-state index is 0.234. The third-order valence-corrected chi connectivity index (χ3v) is 7.12. The van der Waals surface area contributed by atoms with Gasteiger partial charge < -0.3 is 9.73 Å². The molecular weight excluding hydrogens is 528 g/mol. The van der Waals surface area contributed by atoms with Crippen molar-refractivity contribution in [3.63, 3.8) is 0 Å². The zero-order chi connectivity index (χ0) is 25.9. The quantitative estimate of drug-likeness (QED) is 0.211. The number of benzene rings is 2. The molecule has 186 valence electrons. The van der Waals surface area contributed by atoms with E-state index < -0.39 is 0 Å². The standard InChI is InChI=1S/C26H21ClN6O2S2/c1-15-3-6-19(13-21(15)27)22-11-9-20(35-22)10-12-23(34)29-25(36)28-14-17-4-7-18(8-5-17)24-32-33-16(2)30-31-26(33)37-24/h3-13H,14H2,1-2H3,(H2,28,29,34,36)/b12-10+. The lowest BCUT2D eigenvalue weighted by atomic mass is 10.1. The van der Waals surface area contributed by atoms with E-state index in [4.69, 9.17) is 28.2 Å². The van der Waals surface area contributed by atoms with Crippen LogP contribution in [0.25, 0.3) is 32.9 Å². The molecule has 2 N–H and O–H groups in total. The summed E-state index contributed by atoms with van der Waals surface area (Å²) in [6, 6.07) is 17.3. The molecular formula is C26H21ClN6O2S2. The maximum absolute atomic E-state index is 12.3. The Kier molecular flexibility index (Phi) is 7.13. The minimum atomic E-state index is -0.359. The molecule has 0 aliphatic heterocycles. The molecule has 5 rings (SSSR count). The Labute approximate surface area is 227 Å². The molecule has 0 saturated carbocycles. The number of furan rings is 1. The molecule has 0 aliphatic rings. The number of nitrogens with zero attached hydrogens (tertiary/aromatic N) is 4. The SMILES string of the molecule is Cc1ccc(-c2ccc(/C=C/C(=O)NC(=S)NCc3ccc(-c4nn5c(C)nnc5s4)cc3)o2)cc1Cl. The number of aryl methyl sites for hydroxylation is 2. The zero-order valence-corrected chi connectivity index (χ0v) is 22.2. The van der Waals surface area contributed by atoms with E-state index in [0.29, 0.717) is 23.1 Å². The highest BCUT2D eigenvalue weighted by Crippen LogP contribution is 2.27. The van der Waals surface area contributed by atoms with E-state index in [1.54, 1.807) is 16.7 Å². The van der Waals surface area contributed by atoms with Gasteiger partial charge in [0.2, 0.25) is 10.9 Å². The number of halogens is 1. The summed E-state index contributed by atoms with van der Waals surface area (Å²) in [7, 11) is 0. The van der Waals surface area contributed by atoms with Gasteiger partial charge in [-0.1, -0.05) is 59.3 Å². The van der Waals surface area contributed by atoms with Crippen LogP contribution in [-0.2, 0) is 11.3 Å². The molecule has 0 atom stereocenters. The van der Waals surface area contributed by atoms with Crippen LogP contribution in [0.2, 0.25) is 5.02 Å². The van der Waals surface area contributed by atoms with E-state index in [0.717, 1.165) is 38.0 Å². The van der Waals surface area contributed by atoms with Crippen molar-refractivity contribution in [2.75, 3.05) is 0 Å². The van der Waals surface area contributed by atoms with E-state index in [1.807, 2.05) is 62.4 Å². The molecule has 3 aromatic heterocycles. The van der Waals surface area contributed by atoms with Crippen LogP contribution in [0, 0.1) is 13.8 Å². The lowest BCUT2D eigenvalue weighted by molar-refractivity contribution is -0.115. The van der Waals surface area contributed by atoms with Crippen LogP contribution >= 0.6 is 35.2 Å². The van der Waals surface area contributed by atoms with Gasteiger partial charge >= 0.3 is 0 Å². The molecule has 0 unspecified atom stereocenters. The van der Waals surface area contributed by atoms with Crippen molar-refractivity contribution < 1.29 is 9.21 Å². The van der Waals surface area contributed by atoms with Crippen LogP contribution in [0.4, 0.5) is 0 Å². The molecule has 1 amide bonds. The molecule has 0 aliphatic carbocycles. The highest BCUT2D eigenvalue weighted by atomic mass is 35.5. The molecule has 2 aromatic carbocycles. The van der Waals surface area contributed by atoms with Gasteiger partial charge in [-0.25, -0.2) is 0 Å². The van der Waals surface area contributed by atoms with Crippen LogP contribution in [-0.4, -0.2) is 30.8 Å². The Balaban J connectivity index is 1.12. The summed E-state index contributed by atoms with van der Waals surface area (Å²) in [5.74, 6) is 1.61. The predicted molar refractivity (Wildman–Crippen MR) is 149 cm³/mol. The van der Waals surface area contributed by atoms with Crippen molar-refractivity contribution in [1.29, 1.82) is 0 Å². The predicted octanol–water partition coefficient (Wildman–Crippen LogP) is 5.59. The Morgan fingerprint density at radius 1 is 1.11 bits per heavy atom. The molecule has 5 aromatic rings. The number of carbonyl (C=O) groups excluding carboxylic acids is 1. The molecule has 0 fully saturated rings. The van der Waals surface area contributed by atoms with Gasteiger partial charge in [0, 0.05) is 28.8 Å². The molecule has 0 spiro atoms. The van der Waals surface area contributed by atoms with E-state index in [9.17, 15) is 4.79 Å². The summed E-state index contributed by atoms with van der Waals surface area (Å²) in [5, 5.41) is 20.1. The minimum Gasteiger partial charge on any atom is -0.457 e. The number of hydrogen-bond acceptors (Lipinski definition) is 7. The van der Waals surface area contributed by atoms with Crippen molar-refractivity contribution in [2.24, 2.45) is 0 Å². The van der Waals surface area contributed by atoms with Crippen molar-refractivity contribution in [3.8, 4) is 21.9 Å². The molecule has 11 heteroatoms. The third-order valence-electron chi connectivity index (χ3n) is 5.52. The van der Waals surface area contributed by atoms with Gasteiger partial charge in [0.15, 0.2) is 10.9 Å². The van der Waals surface area contributed by atoms with E-state index >= 15 is 0 Å². The maximum Gasteiger partial charge on any atom is 0.250 e. The number of fused-ring (bicyclic) bond motifs is 1. The Bertz CT molecular complexity index is 1630. The zero-order valence-electron chi connectivity index (χ0n) is 19.9. The molecule has 0 radical (unpaired) electrons. The number of carbonyl (C=O) groups is 1.